The molecule has 16 heavy (non-hydrogen) atoms. The second-order valence-electron chi connectivity index (χ2n) is 5.50. The van der Waals surface area contributed by atoms with Crippen molar-refractivity contribution in [1.29, 1.82) is 0 Å². The summed E-state index contributed by atoms with van der Waals surface area (Å²) < 4.78 is 0. The molecular formula is C13H23N3. The van der Waals surface area contributed by atoms with Crippen LogP contribution in [0.3, 0.4) is 0 Å². The number of aliphatic imine (C=N–C) groups is 1. The molecule has 1 aliphatic heterocycles. The standard InChI is InChI=1S/C13H23N3/c1-4-7-16-12(14)15-9-13(16)6-5-10(2)11(3)8-13/h4,10-11H,1,5-9H2,2-3H3,(H2,14,15). The molecule has 3 unspecified atom stereocenters. The Morgan fingerprint density at radius 1 is 1.56 bits per heavy atom. The summed E-state index contributed by atoms with van der Waals surface area (Å²) in [5.41, 5.74) is 6.18. The predicted octanol–water partition coefficient (Wildman–Crippen LogP) is 2.00. The van der Waals surface area contributed by atoms with Crippen LogP contribution >= 0.6 is 0 Å². The molecular weight excluding hydrogens is 198 g/mol. The second kappa shape index (κ2) is 4.11. The summed E-state index contributed by atoms with van der Waals surface area (Å²) in [6.45, 7) is 10.2. The predicted molar refractivity (Wildman–Crippen MR) is 68.3 cm³/mol. The smallest absolute Gasteiger partial charge is 0.192 e. The zero-order valence-corrected chi connectivity index (χ0v) is 10.4. The van der Waals surface area contributed by atoms with Crippen LogP contribution in [0.2, 0.25) is 0 Å². The van der Waals surface area contributed by atoms with E-state index in [4.69, 9.17) is 5.73 Å². The van der Waals surface area contributed by atoms with Gasteiger partial charge < -0.3 is 10.6 Å². The van der Waals surface area contributed by atoms with Crippen LogP contribution in [0.25, 0.3) is 0 Å². The molecule has 2 rings (SSSR count). The van der Waals surface area contributed by atoms with Crippen LogP contribution in [0.5, 0.6) is 0 Å². The van der Waals surface area contributed by atoms with Crippen molar-refractivity contribution in [3.63, 3.8) is 0 Å². The molecule has 2 N–H and O–H groups in total. The molecule has 1 fully saturated rings. The number of hydrogen-bond acceptors (Lipinski definition) is 3. The largest absolute Gasteiger partial charge is 0.370 e. The van der Waals surface area contributed by atoms with Crippen molar-refractivity contribution in [2.24, 2.45) is 22.6 Å². The first kappa shape index (κ1) is 11.5. The Kier molecular flexibility index (Phi) is 2.96. The maximum Gasteiger partial charge on any atom is 0.192 e. The molecule has 0 aromatic carbocycles. The molecule has 0 aromatic rings. The fourth-order valence-electron chi connectivity index (χ4n) is 3.13. The maximum atomic E-state index is 5.98. The van der Waals surface area contributed by atoms with E-state index in [0.29, 0.717) is 5.96 Å². The SMILES string of the molecule is C=CCN1C(N)=NCC12CCC(C)C(C)C2. The van der Waals surface area contributed by atoms with Crippen LogP contribution in [0.15, 0.2) is 17.6 Å². The molecule has 0 bridgehead atoms. The van der Waals surface area contributed by atoms with Gasteiger partial charge in [0.25, 0.3) is 0 Å². The van der Waals surface area contributed by atoms with Crippen LogP contribution < -0.4 is 5.73 Å². The summed E-state index contributed by atoms with van der Waals surface area (Å²) in [4.78, 5) is 6.71. The van der Waals surface area contributed by atoms with Gasteiger partial charge in [0.1, 0.15) is 0 Å². The molecule has 0 aromatic heterocycles. The van der Waals surface area contributed by atoms with Gasteiger partial charge in [-0.1, -0.05) is 19.9 Å². The van der Waals surface area contributed by atoms with E-state index in [1.807, 2.05) is 6.08 Å². The lowest BCUT2D eigenvalue weighted by Crippen LogP contribution is -2.54. The summed E-state index contributed by atoms with van der Waals surface area (Å²) in [5.74, 6) is 2.31. The molecule has 3 nitrogen and oxygen atoms in total. The van der Waals surface area contributed by atoms with E-state index in [0.717, 1.165) is 24.9 Å². The number of nitrogens with zero attached hydrogens (tertiary/aromatic N) is 2. The summed E-state index contributed by atoms with van der Waals surface area (Å²) in [5, 5.41) is 0. The van der Waals surface area contributed by atoms with E-state index in [-0.39, 0.29) is 5.54 Å². The normalized spacial score (nSPS) is 38.9. The van der Waals surface area contributed by atoms with Gasteiger partial charge in [-0.05, 0) is 31.1 Å². The van der Waals surface area contributed by atoms with E-state index >= 15 is 0 Å². The average molecular weight is 221 g/mol. The minimum Gasteiger partial charge on any atom is -0.370 e. The van der Waals surface area contributed by atoms with Crippen molar-refractivity contribution < 1.29 is 0 Å². The fraction of sp³-hybridized carbons (Fsp3) is 0.769. The lowest BCUT2D eigenvalue weighted by atomic mass is 9.71. The van der Waals surface area contributed by atoms with Crippen LogP contribution in [0, 0.1) is 11.8 Å². The maximum absolute atomic E-state index is 5.98. The third-order valence-corrected chi connectivity index (χ3v) is 4.43. The third kappa shape index (κ3) is 1.72. The summed E-state index contributed by atoms with van der Waals surface area (Å²) in [6, 6.07) is 0. The summed E-state index contributed by atoms with van der Waals surface area (Å²) in [6.07, 6.45) is 5.65. The highest BCUT2D eigenvalue weighted by Gasteiger charge is 2.45. The van der Waals surface area contributed by atoms with E-state index in [9.17, 15) is 0 Å². The topological polar surface area (TPSA) is 41.6 Å². The van der Waals surface area contributed by atoms with E-state index in [2.05, 4.69) is 30.3 Å². The molecule has 2 aliphatic rings. The minimum absolute atomic E-state index is 0.199. The molecule has 1 saturated carbocycles. The highest BCUT2D eigenvalue weighted by Crippen LogP contribution is 2.41. The highest BCUT2D eigenvalue weighted by atomic mass is 15.4. The number of nitrogens with two attached hydrogens (primary N) is 1. The minimum atomic E-state index is 0.199. The molecule has 1 spiro atoms. The van der Waals surface area contributed by atoms with Gasteiger partial charge >= 0.3 is 0 Å². The molecule has 1 heterocycles. The van der Waals surface area contributed by atoms with Crippen molar-refractivity contribution in [2.45, 2.75) is 38.6 Å². The van der Waals surface area contributed by atoms with Gasteiger partial charge in [0.15, 0.2) is 5.96 Å². The van der Waals surface area contributed by atoms with Gasteiger partial charge in [-0.2, -0.15) is 0 Å². The molecule has 3 heteroatoms. The van der Waals surface area contributed by atoms with Crippen LogP contribution in [0.1, 0.15) is 33.1 Å². The summed E-state index contributed by atoms with van der Waals surface area (Å²) >= 11 is 0. The average Bonchev–Trinajstić information content (AvgIpc) is 2.54. The zero-order valence-electron chi connectivity index (χ0n) is 10.4. The van der Waals surface area contributed by atoms with Crippen molar-refractivity contribution in [3.8, 4) is 0 Å². The van der Waals surface area contributed by atoms with Gasteiger partial charge in [-0.25, -0.2) is 0 Å². The van der Waals surface area contributed by atoms with Crippen LogP contribution in [-0.2, 0) is 0 Å². The first-order valence-electron chi connectivity index (χ1n) is 6.27. The first-order chi connectivity index (χ1) is 7.59. The molecule has 0 saturated heterocycles. The Hall–Kier alpha value is -0.990. The van der Waals surface area contributed by atoms with Crippen molar-refractivity contribution >= 4 is 5.96 Å². The number of rotatable bonds is 2. The van der Waals surface area contributed by atoms with Gasteiger partial charge in [0.05, 0.1) is 12.1 Å². The number of hydrogen-bond donors (Lipinski definition) is 1. The first-order valence-corrected chi connectivity index (χ1v) is 6.27. The quantitative estimate of drug-likeness (QED) is 0.725. The van der Waals surface area contributed by atoms with E-state index in [1.165, 1.54) is 19.3 Å². The van der Waals surface area contributed by atoms with E-state index in [1.54, 1.807) is 0 Å². The molecule has 0 radical (unpaired) electrons. The van der Waals surface area contributed by atoms with Crippen LogP contribution in [-0.4, -0.2) is 29.5 Å². The highest BCUT2D eigenvalue weighted by molar-refractivity contribution is 5.81. The molecule has 90 valence electrons. The van der Waals surface area contributed by atoms with Gasteiger partial charge in [0, 0.05) is 6.54 Å². The third-order valence-electron chi connectivity index (χ3n) is 4.43. The monoisotopic (exact) mass is 221 g/mol. The lowest BCUT2D eigenvalue weighted by molar-refractivity contribution is 0.0910. The zero-order chi connectivity index (χ0) is 11.8. The van der Waals surface area contributed by atoms with Gasteiger partial charge in [0.2, 0.25) is 0 Å². The van der Waals surface area contributed by atoms with Crippen molar-refractivity contribution in [1.82, 2.24) is 4.90 Å². The van der Waals surface area contributed by atoms with Gasteiger partial charge in [-0.3, -0.25) is 4.99 Å². The molecule has 3 atom stereocenters. The molecule has 0 amide bonds. The van der Waals surface area contributed by atoms with Crippen molar-refractivity contribution in [2.75, 3.05) is 13.1 Å². The number of guanidine groups is 1. The Morgan fingerprint density at radius 2 is 2.31 bits per heavy atom. The van der Waals surface area contributed by atoms with Crippen molar-refractivity contribution in [3.05, 3.63) is 12.7 Å². The Bertz CT molecular complexity index is 310. The lowest BCUT2D eigenvalue weighted by Gasteiger charge is -2.46. The van der Waals surface area contributed by atoms with E-state index < -0.39 is 0 Å². The second-order valence-corrected chi connectivity index (χ2v) is 5.50. The Balaban J connectivity index is 2.16. The fourth-order valence-corrected chi connectivity index (χ4v) is 3.13. The van der Waals surface area contributed by atoms with Gasteiger partial charge in [-0.15, -0.1) is 6.58 Å². The Morgan fingerprint density at radius 3 is 2.94 bits per heavy atom. The summed E-state index contributed by atoms with van der Waals surface area (Å²) in [7, 11) is 0. The van der Waals surface area contributed by atoms with Crippen LogP contribution in [0.4, 0.5) is 0 Å². The molecule has 1 aliphatic carbocycles. The Labute approximate surface area is 98.4 Å².